The van der Waals surface area contributed by atoms with Gasteiger partial charge in [0.2, 0.25) is 0 Å². The number of benzene rings is 1. The highest BCUT2D eigenvalue weighted by Gasteiger charge is 2.22. The number of nitrogens with one attached hydrogen (secondary N) is 1. The molecule has 0 spiro atoms. The Kier molecular flexibility index (Phi) is 6.36. The van der Waals surface area contributed by atoms with Crippen molar-refractivity contribution in [3.8, 4) is 5.75 Å². The number of rotatable bonds is 8. The van der Waals surface area contributed by atoms with Crippen molar-refractivity contribution >= 4 is 33.3 Å². The van der Waals surface area contributed by atoms with Gasteiger partial charge in [0.15, 0.2) is 5.76 Å². The number of aromatic nitrogens is 3. The third-order valence-corrected chi connectivity index (χ3v) is 6.37. The van der Waals surface area contributed by atoms with E-state index in [4.69, 9.17) is 9.26 Å². The lowest BCUT2D eigenvalue weighted by Crippen LogP contribution is -2.25. The third-order valence-electron chi connectivity index (χ3n) is 5.18. The zero-order valence-corrected chi connectivity index (χ0v) is 19.3. The first-order valence-electron chi connectivity index (χ1n) is 10.2. The summed E-state index contributed by atoms with van der Waals surface area (Å²) in [6, 6.07) is 9.83. The molecule has 8 nitrogen and oxygen atoms in total. The number of hydrogen-bond acceptors (Lipinski definition) is 8. The Labute approximate surface area is 190 Å². The highest BCUT2D eigenvalue weighted by atomic mass is 32.1. The normalized spacial score (nSPS) is 11.0. The standard InChI is InChI=1S/C23H25N5O3S/c1-14-10-18(31-27-14)12-28(3)23(29)20-15(2)19-21(25-13-26-22(19)32-20)24-9-8-16-6-5-7-17(11-16)30-4/h5-7,10-11,13H,8-9,12H2,1-4H3,(H,24,25,26). The van der Waals surface area contributed by atoms with E-state index >= 15 is 0 Å². The van der Waals surface area contributed by atoms with Gasteiger partial charge in [0.25, 0.3) is 5.91 Å². The van der Waals surface area contributed by atoms with Crippen LogP contribution in [0.4, 0.5) is 5.82 Å². The first-order valence-corrected chi connectivity index (χ1v) is 11.1. The Morgan fingerprint density at radius 2 is 2.09 bits per heavy atom. The summed E-state index contributed by atoms with van der Waals surface area (Å²) >= 11 is 1.38. The average Bonchev–Trinajstić information content (AvgIpc) is 3.36. The molecule has 0 atom stereocenters. The molecule has 0 saturated heterocycles. The molecule has 32 heavy (non-hydrogen) atoms. The van der Waals surface area contributed by atoms with Gasteiger partial charge in [-0.05, 0) is 43.5 Å². The van der Waals surface area contributed by atoms with Crippen molar-refractivity contribution in [2.75, 3.05) is 26.0 Å². The predicted octanol–water partition coefficient (Wildman–Crippen LogP) is 4.23. The fourth-order valence-corrected chi connectivity index (χ4v) is 4.68. The van der Waals surface area contributed by atoms with Crippen molar-refractivity contribution in [1.29, 1.82) is 0 Å². The SMILES string of the molecule is COc1cccc(CCNc2ncnc3sc(C(=O)N(C)Cc4cc(C)no4)c(C)c23)c1. The number of fused-ring (bicyclic) bond motifs is 1. The lowest BCUT2D eigenvalue weighted by molar-refractivity contribution is 0.0776. The monoisotopic (exact) mass is 451 g/mol. The van der Waals surface area contributed by atoms with Gasteiger partial charge in [0, 0.05) is 19.7 Å². The number of thiophene rings is 1. The van der Waals surface area contributed by atoms with E-state index in [1.165, 1.54) is 23.2 Å². The van der Waals surface area contributed by atoms with Crippen molar-refractivity contribution in [2.45, 2.75) is 26.8 Å². The quantitative estimate of drug-likeness (QED) is 0.428. The van der Waals surface area contributed by atoms with Crippen molar-refractivity contribution in [1.82, 2.24) is 20.0 Å². The fraction of sp³-hybridized carbons (Fsp3) is 0.304. The number of aryl methyl sites for hydroxylation is 2. The molecule has 0 fully saturated rings. The molecule has 1 aromatic carbocycles. The van der Waals surface area contributed by atoms with Crippen LogP contribution in [0.25, 0.3) is 10.2 Å². The highest BCUT2D eigenvalue weighted by molar-refractivity contribution is 7.20. The van der Waals surface area contributed by atoms with Gasteiger partial charge in [-0.25, -0.2) is 9.97 Å². The minimum Gasteiger partial charge on any atom is -0.497 e. The van der Waals surface area contributed by atoms with Crippen LogP contribution in [0.5, 0.6) is 5.75 Å². The second-order valence-corrected chi connectivity index (χ2v) is 8.58. The molecule has 1 N–H and O–H groups in total. The lowest BCUT2D eigenvalue weighted by Gasteiger charge is -2.14. The van der Waals surface area contributed by atoms with Crippen LogP contribution in [-0.2, 0) is 13.0 Å². The summed E-state index contributed by atoms with van der Waals surface area (Å²) in [7, 11) is 3.42. The van der Waals surface area contributed by atoms with Crippen LogP contribution < -0.4 is 10.1 Å². The summed E-state index contributed by atoms with van der Waals surface area (Å²) in [4.78, 5) is 25.0. The average molecular weight is 452 g/mol. The Balaban J connectivity index is 1.50. The summed E-state index contributed by atoms with van der Waals surface area (Å²) in [6.45, 7) is 4.84. The fourth-order valence-electron chi connectivity index (χ4n) is 3.53. The minimum absolute atomic E-state index is 0.0816. The van der Waals surface area contributed by atoms with Crippen LogP contribution >= 0.6 is 11.3 Å². The van der Waals surface area contributed by atoms with E-state index in [-0.39, 0.29) is 5.91 Å². The van der Waals surface area contributed by atoms with Gasteiger partial charge in [-0.2, -0.15) is 0 Å². The molecule has 0 aliphatic heterocycles. The lowest BCUT2D eigenvalue weighted by atomic mass is 10.1. The van der Waals surface area contributed by atoms with Gasteiger partial charge in [-0.1, -0.05) is 17.3 Å². The first-order chi connectivity index (χ1) is 15.5. The summed E-state index contributed by atoms with van der Waals surface area (Å²) in [5.74, 6) is 2.14. The van der Waals surface area contributed by atoms with Crippen LogP contribution in [0, 0.1) is 13.8 Å². The van der Waals surface area contributed by atoms with Crippen LogP contribution in [0.3, 0.4) is 0 Å². The molecule has 0 radical (unpaired) electrons. The second kappa shape index (κ2) is 9.35. The minimum atomic E-state index is -0.0816. The second-order valence-electron chi connectivity index (χ2n) is 7.58. The van der Waals surface area contributed by atoms with Gasteiger partial charge in [-0.3, -0.25) is 4.79 Å². The number of ether oxygens (including phenoxy) is 1. The van der Waals surface area contributed by atoms with Crippen molar-refractivity contribution in [2.24, 2.45) is 0 Å². The molecule has 166 valence electrons. The molecule has 3 aromatic heterocycles. The Hall–Kier alpha value is -3.46. The summed E-state index contributed by atoms with van der Waals surface area (Å²) in [6.07, 6.45) is 2.35. The molecule has 0 aliphatic rings. The number of carbonyl (C=O) groups is 1. The van der Waals surface area contributed by atoms with Crippen molar-refractivity contribution < 1.29 is 14.1 Å². The molecule has 0 bridgehead atoms. The number of hydrogen-bond donors (Lipinski definition) is 1. The van der Waals surface area contributed by atoms with E-state index in [1.54, 1.807) is 19.1 Å². The maximum Gasteiger partial charge on any atom is 0.264 e. The molecule has 0 unspecified atom stereocenters. The maximum absolute atomic E-state index is 13.1. The first kappa shape index (κ1) is 21.8. The molecule has 1 amide bonds. The number of anilines is 1. The number of amides is 1. The van der Waals surface area contributed by atoms with E-state index in [2.05, 4.69) is 26.5 Å². The molecule has 4 aromatic rings. The largest absolute Gasteiger partial charge is 0.497 e. The van der Waals surface area contributed by atoms with E-state index in [0.29, 0.717) is 23.7 Å². The smallest absolute Gasteiger partial charge is 0.264 e. The highest BCUT2D eigenvalue weighted by Crippen LogP contribution is 2.34. The molecular formula is C23H25N5O3S. The van der Waals surface area contributed by atoms with E-state index in [9.17, 15) is 4.79 Å². The summed E-state index contributed by atoms with van der Waals surface area (Å²) in [5, 5.41) is 8.17. The van der Waals surface area contributed by atoms with Crippen molar-refractivity contribution in [3.05, 3.63) is 64.1 Å². The molecule has 0 saturated carbocycles. The van der Waals surface area contributed by atoms with Crippen LogP contribution in [0.1, 0.15) is 32.3 Å². The van der Waals surface area contributed by atoms with Crippen LogP contribution in [0.2, 0.25) is 0 Å². The van der Waals surface area contributed by atoms with E-state index < -0.39 is 0 Å². The molecule has 0 aliphatic carbocycles. The summed E-state index contributed by atoms with van der Waals surface area (Å²) < 4.78 is 10.5. The van der Waals surface area contributed by atoms with Crippen LogP contribution in [-0.4, -0.2) is 46.6 Å². The molecular weight excluding hydrogens is 426 g/mol. The zero-order valence-electron chi connectivity index (χ0n) is 18.5. The third kappa shape index (κ3) is 4.57. The topological polar surface area (TPSA) is 93.4 Å². The maximum atomic E-state index is 13.1. The van der Waals surface area contributed by atoms with E-state index in [0.717, 1.165) is 39.5 Å². The van der Waals surface area contributed by atoms with Gasteiger partial charge in [-0.15, -0.1) is 11.3 Å². The molecule has 9 heteroatoms. The Bertz CT molecular complexity index is 1250. The van der Waals surface area contributed by atoms with Gasteiger partial charge in [0.05, 0.1) is 29.6 Å². The van der Waals surface area contributed by atoms with Gasteiger partial charge < -0.3 is 19.5 Å². The zero-order chi connectivity index (χ0) is 22.7. The van der Waals surface area contributed by atoms with E-state index in [1.807, 2.05) is 38.1 Å². The molecule has 3 heterocycles. The summed E-state index contributed by atoms with van der Waals surface area (Å²) in [5.41, 5.74) is 2.84. The number of methoxy groups -OCH3 is 1. The van der Waals surface area contributed by atoms with Gasteiger partial charge in [0.1, 0.15) is 22.7 Å². The van der Waals surface area contributed by atoms with Crippen molar-refractivity contribution in [3.63, 3.8) is 0 Å². The number of carbonyl (C=O) groups excluding carboxylic acids is 1. The van der Waals surface area contributed by atoms with Gasteiger partial charge >= 0.3 is 0 Å². The van der Waals surface area contributed by atoms with Crippen LogP contribution in [0.15, 0.2) is 41.2 Å². The predicted molar refractivity (Wildman–Crippen MR) is 124 cm³/mol. The molecule has 4 rings (SSSR count). The Morgan fingerprint density at radius 3 is 2.84 bits per heavy atom. The number of nitrogens with zero attached hydrogens (tertiary/aromatic N) is 4. The Morgan fingerprint density at radius 1 is 1.25 bits per heavy atom.